The SMILES string of the molecule is FCCNCC1(CCl)CCCC1. The molecule has 0 aromatic carbocycles. The molecule has 0 saturated heterocycles. The molecule has 0 aliphatic heterocycles. The second kappa shape index (κ2) is 5.03. The molecule has 0 atom stereocenters. The summed E-state index contributed by atoms with van der Waals surface area (Å²) in [5, 5.41) is 3.11. The third-order valence-corrected chi connectivity index (χ3v) is 3.29. The van der Waals surface area contributed by atoms with E-state index in [0.717, 1.165) is 6.54 Å². The summed E-state index contributed by atoms with van der Waals surface area (Å²) in [6, 6.07) is 0. The molecule has 0 unspecified atom stereocenters. The fourth-order valence-corrected chi connectivity index (χ4v) is 2.26. The summed E-state index contributed by atoms with van der Waals surface area (Å²) in [4.78, 5) is 0. The molecule has 0 heterocycles. The van der Waals surface area contributed by atoms with Gasteiger partial charge in [-0.15, -0.1) is 11.6 Å². The molecule has 3 heteroatoms. The average molecular weight is 194 g/mol. The Morgan fingerprint density at radius 3 is 2.50 bits per heavy atom. The van der Waals surface area contributed by atoms with Crippen LogP contribution >= 0.6 is 11.6 Å². The van der Waals surface area contributed by atoms with Crippen LogP contribution in [0.3, 0.4) is 0 Å². The number of nitrogens with one attached hydrogen (secondary N) is 1. The third-order valence-electron chi connectivity index (χ3n) is 2.72. The molecule has 1 fully saturated rings. The summed E-state index contributed by atoms with van der Waals surface area (Å²) >= 11 is 5.91. The summed E-state index contributed by atoms with van der Waals surface area (Å²) in [6.45, 7) is 1.08. The molecule has 0 aromatic rings. The lowest BCUT2D eigenvalue weighted by Gasteiger charge is -2.26. The highest BCUT2D eigenvalue weighted by Crippen LogP contribution is 2.38. The Balaban J connectivity index is 2.24. The van der Waals surface area contributed by atoms with Gasteiger partial charge in [-0.2, -0.15) is 0 Å². The first-order chi connectivity index (χ1) is 5.83. The standard InChI is InChI=1S/C9H17ClFN/c10-7-9(3-1-2-4-9)8-12-6-5-11/h12H,1-8H2. The Labute approximate surface area is 78.7 Å². The van der Waals surface area contributed by atoms with Crippen molar-refractivity contribution in [2.24, 2.45) is 5.41 Å². The Morgan fingerprint density at radius 1 is 1.33 bits per heavy atom. The van der Waals surface area contributed by atoms with Crippen molar-refractivity contribution >= 4 is 11.6 Å². The molecule has 1 aliphatic rings. The molecular formula is C9H17ClFN. The van der Waals surface area contributed by atoms with Gasteiger partial charge in [0.1, 0.15) is 6.67 Å². The number of alkyl halides is 2. The molecular weight excluding hydrogens is 177 g/mol. The number of hydrogen-bond acceptors (Lipinski definition) is 1. The van der Waals surface area contributed by atoms with E-state index in [4.69, 9.17) is 11.6 Å². The molecule has 1 nitrogen and oxygen atoms in total. The summed E-state index contributed by atoms with van der Waals surface area (Å²) in [5.41, 5.74) is 0.275. The van der Waals surface area contributed by atoms with E-state index in [-0.39, 0.29) is 12.1 Å². The normalized spacial score (nSPS) is 21.5. The van der Waals surface area contributed by atoms with Crippen molar-refractivity contribution in [2.45, 2.75) is 25.7 Å². The molecule has 1 rings (SSSR count). The van der Waals surface area contributed by atoms with Gasteiger partial charge in [0.15, 0.2) is 0 Å². The second-order valence-electron chi connectivity index (χ2n) is 3.71. The Bertz CT molecular complexity index is 124. The van der Waals surface area contributed by atoms with Crippen molar-refractivity contribution in [3.8, 4) is 0 Å². The largest absolute Gasteiger partial charge is 0.314 e. The van der Waals surface area contributed by atoms with Gasteiger partial charge in [0.25, 0.3) is 0 Å². The van der Waals surface area contributed by atoms with Crippen LogP contribution in [0.4, 0.5) is 4.39 Å². The lowest BCUT2D eigenvalue weighted by molar-refractivity contribution is 0.313. The van der Waals surface area contributed by atoms with Crippen molar-refractivity contribution in [1.82, 2.24) is 5.32 Å². The molecule has 0 aromatic heterocycles. The predicted molar refractivity (Wildman–Crippen MR) is 50.5 cm³/mol. The van der Waals surface area contributed by atoms with E-state index in [2.05, 4.69) is 5.32 Å². The van der Waals surface area contributed by atoms with Gasteiger partial charge in [-0.05, 0) is 18.3 Å². The molecule has 72 valence electrons. The van der Waals surface area contributed by atoms with Gasteiger partial charge < -0.3 is 5.32 Å². The van der Waals surface area contributed by atoms with Gasteiger partial charge in [-0.3, -0.25) is 0 Å². The fourth-order valence-electron chi connectivity index (χ4n) is 1.90. The van der Waals surface area contributed by atoms with E-state index in [0.29, 0.717) is 12.4 Å². The topological polar surface area (TPSA) is 12.0 Å². The zero-order chi connectivity index (χ0) is 8.86. The molecule has 1 saturated carbocycles. The van der Waals surface area contributed by atoms with E-state index in [1.807, 2.05) is 0 Å². The van der Waals surface area contributed by atoms with Crippen LogP contribution < -0.4 is 5.32 Å². The predicted octanol–water partition coefficient (Wildman–Crippen LogP) is 2.34. The lowest BCUT2D eigenvalue weighted by atomic mass is 9.88. The van der Waals surface area contributed by atoms with Crippen molar-refractivity contribution in [3.63, 3.8) is 0 Å². The van der Waals surface area contributed by atoms with Crippen LogP contribution in [0.15, 0.2) is 0 Å². The highest BCUT2D eigenvalue weighted by atomic mass is 35.5. The number of hydrogen-bond donors (Lipinski definition) is 1. The minimum atomic E-state index is -0.279. The first kappa shape index (κ1) is 10.3. The Hall–Kier alpha value is 0.180. The molecule has 0 spiro atoms. The molecule has 1 N–H and O–H groups in total. The highest BCUT2D eigenvalue weighted by molar-refractivity contribution is 6.18. The van der Waals surface area contributed by atoms with Crippen LogP contribution in [0.5, 0.6) is 0 Å². The van der Waals surface area contributed by atoms with Gasteiger partial charge in [-0.25, -0.2) is 4.39 Å². The minimum Gasteiger partial charge on any atom is -0.314 e. The van der Waals surface area contributed by atoms with Gasteiger partial charge in [0, 0.05) is 19.0 Å². The van der Waals surface area contributed by atoms with E-state index in [9.17, 15) is 4.39 Å². The maximum Gasteiger partial charge on any atom is 0.102 e. The molecule has 0 bridgehead atoms. The zero-order valence-corrected chi connectivity index (χ0v) is 8.17. The van der Waals surface area contributed by atoms with Crippen molar-refractivity contribution in [2.75, 3.05) is 25.6 Å². The summed E-state index contributed by atoms with van der Waals surface area (Å²) in [5.74, 6) is 0.715. The van der Waals surface area contributed by atoms with Gasteiger partial charge in [0.2, 0.25) is 0 Å². The number of halogens is 2. The highest BCUT2D eigenvalue weighted by Gasteiger charge is 2.32. The van der Waals surface area contributed by atoms with Crippen LogP contribution in [0, 0.1) is 5.41 Å². The fraction of sp³-hybridized carbons (Fsp3) is 1.00. The summed E-state index contributed by atoms with van der Waals surface area (Å²) in [6.07, 6.45) is 4.97. The maximum atomic E-state index is 11.8. The zero-order valence-electron chi connectivity index (χ0n) is 7.41. The van der Waals surface area contributed by atoms with Gasteiger partial charge in [-0.1, -0.05) is 12.8 Å². The van der Waals surface area contributed by atoms with Crippen LogP contribution in [0.2, 0.25) is 0 Å². The average Bonchev–Trinajstić information content (AvgIpc) is 2.55. The third kappa shape index (κ3) is 2.60. The Kier molecular flexibility index (Phi) is 4.30. The van der Waals surface area contributed by atoms with E-state index < -0.39 is 0 Å². The maximum absolute atomic E-state index is 11.8. The quantitative estimate of drug-likeness (QED) is 0.522. The van der Waals surface area contributed by atoms with Crippen molar-refractivity contribution < 1.29 is 4.39 Å². The van der Waals surface area contributed by atoms with E-state index >= 15 is 0 Å². The lowest BCUT2D eigenvalue weighted by Crippen LogP contribution is -2.34. The smallest absolute Gasteiger partial charge is 0.102 e. The van der Waals surface area contributed by atoms with Crippen molar-refractivity contribution in [3.05, 3.63) is 0 Å². The van der Waals surface area contributed by atoms with E-state index in [1.165, 1.54) is 25.7 Å². The summed E-state index contributed by atoms with van der Waals surface area (Å²) in [7, 11) is 0. The van der Waals surface area contributed by atoms with Crippen LogP contribution in [-0.4, -0.2) is 25.6 Å². The van der Waals surface area contributed by atoms with Crippen LogP contribution in [-0.2, 0) is 0 Å². The molecule has 1 aliphatic carbocycles. The molecule has 0 amide bonds. The Morgan fingerprint density at radius 2 is 2.00 bits per heavy atom. The van der Waals surface area contributed by atoms with Gasteiger partial charge in [0.05, 0.1) is 0 Å². The van der Waals surface area contributed by atoms with Crippen LogP contribution in [0.25, 0.3) is 0 Å². The first-order valence-corrected chi connectivity index (χ1v) is 5.19. The van der Waals surface area contributed by atoms with Crippen LogP contribution in [0.1, 0.15) is 25.7 Å². The van der Waals surface area contributed by atoms with Crippen molar-refractivity contribution in [1.29, 1.82) is 0 Å². The monoisotopic (exact) mass is 193 g/mol. The molecule has 0 radical (unpaired) electrons. The second-order valence-corrected chi connectivity index (χ2v) is 3.97. The molecule has 12 heavy (non-hydrogen) atoms. The summed E-state index contributed by atoms with van der Waals surface area (Å²) < 4.78 is 11.8. The number of rotatable bonds is 5. The van der Waals surface area contributed by atoms with E-state index in [1.54, 1.807) is 0 Å². The minimum absolute atomic E-state index is 0.275. The first-order valence-electron chi connectivity index (χ1n) is 4.66. The van der Waals surface area contributed by atoms with Gasteiger partial charge >= 0.3 is 0 Å².